The molecule has 8 heteroatoms. The van der Waals surface area contributed by atoms with E-state index in [0.717, 1.165) is 44.4 Å². The van der Waals surface area contributed by atoms with Gasteiger partial charge in [-0.3, -0.25) is 9.67 Å². The summed E-state index contributed by atoms with van der Waals surface area (Å²) in [5.41, 5.74) is 1.37. The Hall–Kier alpha value is -2.51. The van der Waals surface area contributed by atoms with Crippen LogP contribution in [0.2, 0.25) is 0 Å². The minimum absolute atomic E-state index is 0.0230. The molecule has 3 rings (SSSR count). The Balaban J connectivity index is 1.48. The van der Waals surface area contributed by atoms with Gasteiger partial charge in [-0.25, -0.2) is 0 Å². The monoisotopic (exact) mass is 421 g/mol. The van der Waals surface area contributed by atoms with E-state index in [4.69, 9.17) is 0 Å². The first kappa shape index (κ1) is 22.2. The van der Waals surface area contributed by atoms with Gasteiger partial charge >= 0.3 is 6.18 Å². The summed E-state index contributed by atoms with van der Waals surface area (Å²) >= 11 is 0. The second kappa shape index (κ2) is 9.53. The Morgan fingerprint density at radius 1 is 1.37 bits per heavy atom. The van der Waals surface area contributed by atoms with Gasteiger partial charge in [-0.15, -0.1) is 0 Å². The Morgan fingerprint density at radius 3 is 2.83 bits per heavy atom. The van der Waals surface area contributed by atoms with Crippen molar-refractivity contribution in [3.63, 3.8) is 0 Å². The molecule has 0 bridgehead atoms. The van der Waals surface area contributed by atoms with Crippen LogP contribution in [0.5, 0.6) is 0 Å². The topological polar surface area (TPSA) is 45.5 Å². The summed E-state index contributed by atoms with van der Waals surface area (Å²) < 4.78 is 40.6. The van der Waals surface area contributed by atoms with Crippen molar-refractivity contribution in [3.05, 3.63) is 53.3 Å². The van der Waals surface area contributed by atoms with Crippen LogP contribution < -0.4 is 5.32 Å². The zero-order valence-electron chi connectivity index (χ0n) is 17.8. The Bertz CT molecular complexity index is 858. The van der Waals surface area contributed by atoms with Crippen LogP contribution in [0.15, 0.2) is 41.7 Å². The molecule has 0 aliphatic carbocycles. The zero-order valence-corrected chi connectivity index (χ0v) is 17.8. The number of benzene rings is 1. The van der Waals surface area contributed by atoms with Crippen LogP contribution in [0.25, 0.3) is 0 Å². The van der Waals surface area contributed by atoms with E-state index in [1.165, 1.54) is 17.7 Å². The molecule has 1 aliphatic rings. The number of hydrogen-bond donors (Lipinski definition) is 1. The fourth-order valence-corrected chi connectivity index (χ4v) is 4.02. The molecule has 0 radical (unpaired) electrons. The molecule has 1 aromatic carbocycles. The van der Waals surface area contributed by atoms with E-state index in [9.17, 15) is 13.2 Å². The number of hydrogen-bond acceptors (Lipinski definition) is 2. The predicted molar refractivity (Wildman–Crippen MR) is 112 cm³/mol. The van der Waals surface area contributed by atoms with E-state index >= 15 is 0 Å². The van der Waals surface area contributed by atoms with Crippen molar-refractivity contribution in [2.75, 3.05) is 26.7 Å². The molecule has 2 heterocycles. The number of aromatic nitrogens is 2. The lowest BCUT2D eigenvalue weighted by molar-refractivity contribution is -0.137. The second-order valence-electron chi connectivity index (χ2n) is 8.11. The Labute approximate surface area is 176 Å². The Kier molecular flexibility index (Phi) is 7.05. The van der Waals surface area contributed by atoms with Crippen LogP contribution in [0.4, 0.5) is 13.2 Å². The number of nitrogens with one attached hydrogen (secondary N) is 1. The normalized spacial score (nSPS) is 18.7. The highest BCUT2D eigenvalue weighted by Gasteiger charge is 2.30. The molecule has 1 fully saturated rings. The van der Waals surface area contributed by atoms with Crippen molar-refractivity contribution in [1.82, 2.24) is 20.0 Å². The molecule has 2 aromatic rings. The van der Waals surface area contributed by atoms with Gasteiger partial charge in [-0.2, -0.15) is 18.3 Å². The average molecular weight is 422 g/mol. The van der Waals surface area contributed by atoms with Gasteiger partial charge < -0.3 is 10.2 Å². The quantitative estimate of drug-likeness (QED) is 0.565. The van der Waals surface area contributed by atoms with E-state index in [1.54, 1.807) is 13.1 Å². The van der Waals surface area contributed by atoms with Crippen LogP contribution in [0.1, 0.15) is 42.4 Å². The van der Waals surface area contributed by atoms with E-state index in [2.05, 4.69) is 26.5 Å². The highest BCUT2D eigenvalue weighted by atomic mass is 19.4. The number of guanidine groups is 1. The third-order valence-corrected chi connectivity index (χ3v) is 5.72. The average Bonchev–Trinajstić information content (AvgIpc) is 3.33. The highest BCUT2D eigenvalue weighted by Crippen LogP contribution is 2.31. The maximum atomic E-state index is 12.9. The van der Waals surface area contributed by atoms with Gasteiger partial charge in [-0.05, 0) is 48.3 Å². The number of alkyl halides is 3. The summed E-state index contributed by atoms with van der Waals surface area (Å²) in [6, 6.07) is 5.61. The summed E-state index contributed by atoms with van der Waals surface area (Å²) in [6.45, 7) is 4.51. The molecule has 0 saturated carbocycles. The largest absolute Gasteiger partial charge is 0.416 e. The van der Waals surface area contributed by atoms with Crippen LogP contribution in [0, 0.1) is 5.92 Å². The molecular weight excluding hydrogens is 391 g/mol. The maximum absolute atomic E-state index is 12.9. The molecule has 2 unspecified atom stereocenters. The van der Waals surface area contributed by atoms with Crippen molar-refractivity contribution in [3.8, 4) is 0 Å². The van der Waals surface area contributed by atoms with Crippen LogP contribution >= 0.6 is 0 Å². The maximum Gasteiger partial charge on any atom is 0.416 e. The second-order valence-corrected chi connectivity index (χ2v) is 8.11. The molecule has 1 saturated heterocycles. The van der Waals surface area contributed by atoms with Crippen LogP contribution in [-0.2, 0) is 19.6 Å². The van der Waals surface area contributed by atoms with Crippen molar-refractivity contribution in [2.24, 2.45) is 18.0 Å². The third-order valence-electron chi connectivity index (χ3n) is 5.72. The summed E-state index contributed by atoms with van der Waals surface area (Å²) in [7, 11) is 3.70. The summed E-state index contributed by atoms with van der Waals surface area (Å²) in [5.74, 6) is 1.45. The first-order valence-electron chi connectivity index (χ1n) is 10.4. The zero-order chi connectivity index (χ0) is 21.7. The van der Waals surface area contributed by atoms with Crippen molar-refractivity contribution < 1.29 is 13.2 Å². The minimum atomic E-state index is -4.31. The standard InChI is InChI=1S/C22H30F3N5/c1-16(19-5-4-6-20(12-19)22(23,24)25)7-9-27-21(26-2)30-10-8-17(15-30)11-18-13-28-29(3)14-18/h4-6,12-14,16-17H,7-11,15H2,1-3H3,(H,26,27). The first-order chi connectivity index (χ1) is 14.3. The molecule has 164 valence electrons. The Morgan fingerprint density at radius 2 is 2.17 bits per heavy atom. The van der Waals surface area contributed by atoms with Gasteiger partial charge in [0, 0.05) is 39.9 Å². The van der Waals surface area contributed by atoms with E-state index < -0.39 is 11.7 Å². The molecule has 1 N–H and O–H groups in total. The number of aliphatic imine (C=N–C) groups is 1. The number of aryl methyl sites for hydroxylation is 1. The fraction of sp³-hybridized carbons (Fsp3) is 0.545. The van der Waals surface area contributed by atoms with Gasteiger partial charge in [0.05, 0.1) is 11.8 Å². The molecule has 1 aromatic heterocycles. The number of rotatable bonds is 6. The predicted octanol–water partition coefficient (Wildman–Crippen LogP) is 4.07. The molecule has 0 amide bonds. The van der Waals surface area contributed by atoms with Crippen molar-refractivity contribution >= 4 is 5.96 Å². The highest BCUT2D eigenvalue weighted by molar-refractivity contribution is 5.80. The third kappa shape index (κ3) is 5.77. The van der Waals surface area contributed by atoms with Gasteiger partial charge in [0.25, 0.3) is 0 Å². The molecule has 1 aliphatic heterocycles. The lowest BCUT2D eigenvalue weighted by Crippen LogP contribution is -2.40. The van der Waals surface area contributed by atoms with Crippen LogP contribution in [0.3, 0.4) is 0 Å². The summed E-state index contributed by atoms with van der Waals surface area (Å²) in [5, 5.41) is 7.62. The molecule has 30 heavy (non-hydrogen) atoms. The molecule has 2 atom stereocenters. The molecule has 0 spiro atoms. The van der Waals surface area contributed by atoms with Gasteiger partial charge in [0.15, 0.2) is 5.96 Å². The number of likely N-dealkylation sites (tertiary alicyclic amines) is 1. The first-order valence-corrected chi connectivity index (χ1v) is 10.4. The van der Waals surface area contributed by atoms with Gasteiger partial charge in [-0.1, -0.05) is 25.1 Å². The molecule has 5 nitrogen and oxygen atoms in total. The van der Waals surface area contributed by atoms with Crippen molar-refractivity contribution in [1.29, 1.82) is 0 Å². The van der Waals surface area contributed by atoms with E-state index in [0.29, 0.717) is 18.0 Å². The SMILES string of the molecule is CN=C(NCCC(C)c1cccc(C(F)(F)F)c1)N1CCC(Cc2cnn(C)c2)C1. The smallest absolute Gasteiger partial charge is 0.356 e. The lowest BCUT2D eigenvalue weighted by atomic mass is 9.96. The van der Waals surface area contributed by atoms with Crippen molar-refractivity contribution in [2.45, 2.75) is 38.3 Å². The van der Waals surface area contributed by atoms with Gasteiger partial charge in [0.1, 0.15) is 0 Å². The minimum Gasteiger partial charge on any atom is -0.356 e. The molecular formula is C22H30F3N5. The fourth-order valence-electron chi connectivity index (χ4n) is 4.02. The van der Waals surface area contributed by atoms with E-state index in [-0.39, 0.29) is 5.92 Å². The number of nitrogens with zero attached hydrogens (tertiary/aromatic N) is 4. The summed E-state index contributed by atoms with van der Waals surface area (Å²) in [4.78, 5) is 6.66. The lowest BCUT2D eigenvalue weighted by Gasteiger charge is -2.22. The van der Waals surface area contributed by atoms with Gasteiger partial charge in [0.2, 0.25) is 0 Å². The summed E-state index contributed by atoms with van der Waals surface area (Å²) in [6.07, 6.45) is 2.52. The van der Waals surface area contributed by atoms with E-state index in [1.807, 2.05) is 24.9 Å². The number of halogens is 3. The van der Waals surface area contributed by atoms with Crippen LogP contribution in [-0.4, -0.2) is 47.3 Å².